The molecule has 1 aromatic heterocycles. The number of carbonyl (C=O) groups excluding carboxylic acids is 1. The Balaban J connectivity index is 1.78. The quantitative estimate of drug-likeness (QED) is 0.251. The zero-order chi connectivity index (χ0) is 23.8. The van der Waals surface area contributed by atoms with Gasteiger partial charge in [0.05, 0.1) is 16.8 Å². The van der Waals surface area contributed by atoms with Gasteiger partial charge in [0.2, 0.25) is 0 Å². The number of rotatable bonds is 10. The summed E-state index contributed by atoms with van der Waals surface area (Å²) in [5.74, 6) is -0.0359. The maximum absolute atomic E-state index is 13.2. The van der Waals surface area contributed by atoms with Crippen LogP contribution in [0.4, 0.5) is 24.0 Å². The lowest BCUT2D eigenvalue weighted by Gasteiger charge is -2.16. The van der Waals surface area contributed by atoms with Gasteiger partial charge in [-0.15, -0.1) is 11.3 Å². The summed E-state index contributed by atoms with van der Waals surface area (Å²) in [5.41, 5.74) is 1.03. The molecule has 2 aromatic carbocycles. The zero-order valence-electron chi connectivity index (χ0n) is 18.0. The van der Waals surface area contributed by atoms with Gasteiger partial charge in [0.15, 0.2) is 5.13 Å². The first-order chi connectivity index (χ1) is 15.8. The monoisotopic (exact) mass is 496 g/mol. The molecule has 1 amide bonds. The molecule has 0 aliphatic rings. The van der Waals surface area contributed by atoms with Crippen LogP contribution in [0.15, 0.2) is 47.8 Å². The molecule has 0 fully saturated rings. The number of anilines is 2. The predicted octanol–water partition coefficient (Wildman–Crippen LogP) is 5.58. The number of aromatic nitrogens is 1. The summed E-state index contributed by atoms with van der Waals surface area (Å²) >= 11 is 2.76. The van der Waals surface area contributed by atoms with Crippen LogP contribution in [0, 0.1) is 6.92 Å². The van der Waals surface area contributed by atoms with Crippen LogP contribution in [-0.2, 0) is 12.7 Å². The Morgan fingerprint density at radius 3 is 2.70 bits per heavy atom. The van der Waals surface area contributed by atoms with Gasteiger partial charge < -0.3 is 10.1 Å². The van der Waals surface area contributed by atoms with Crippen molar-refractivity contribution in [1.82, 2.24) is 9.71 Å². The van der Waals surface area contributed by atoms with Gasteiger partial charge in [-0.3, -0.25) is 14.8 Å². The van der Waals surface area contributed by atoms with Crippen LogP contribution in [-0.4, -0.2) is 30.3 Å². The third-order valence-corrected chi connectivity index (χ3v) is 5.82. The van der Waals surface area contributed by atoms with Crippen molar-refractivity contribution in [3.05, 3.63) is 70.2 Å². The number of hydrogen-bond donors (Lipinski definition) is 3. The van der Waals surface area contributed by atoms with Crippen molar-refractivity contribution in [2.24, 2.45) is 0 Å². The molecule has 0 spiro atoms. The number of carbonyl (C=O) groups is 1. The second kappa shape index (κ2) is 11.4. The summed E-state index contributed by atoms with van der Waals surface area (Å²) in [6, 6.07) is 10.2. The van der Waals surface area contributed by atoms with Gasteiger partial charge >= 0.3 is 6.18 Å². The molecule has 0 aliphatic carbocycles. The molecule has 11 heteroatoms. The Morgan fingerprint density at radius 1 is 1.21 bits per heavy atom. The smallest absolute Gasteiger partial charge is 0.418 e. The second-order valence-electron chi connectivity index (χ2n) is 6.92. The highest BCUT2D eigenvalue weighted by Gasteiger charge is 2.33. The van der Waals surface area contributed by atoms with E-state index in [2.05, 4.69) is 20.3 Å². The fourth-order valence-corrected chi connectivity index (χ4v) is 3.92. The number of aryl methyl sites for hydroxylation is 1. The topological polar surface area (TPSA) is 75.3 Å². The highest BCUT2D eigenvalue weighted by atomic mass is 32.2. The van der Waals surface area contributed by atoms with E-state index in [9.17, 15) is 18.0 Å². The number of benzene rings is 2. The third kappa shape index (κ3) is 7.11. The Hall–Kier alpha value is -2.76. The maximum atomic E-state index is 13.2. The van der Waals surface area contributed by atoms with Crippen molar-refractivity contribution >= 4 is 40.0 Å². The van der Waals surface area contributed by atoms with Crippen LogP contribution in [0.5, 0.6) is 5.75 Å². The number of hydrogen-bond acceptors (Lipinski definition) is 7. The second-order valence-corrected chi connectivity index (χ2v) is 8.48. The average Bonchev–Trinajstić information content (AvgIpc) is 3.19. The summed E-state index contributed by atoms with van der Waals surface area (Å²) in [6.45, 7) is 2.82. The zero-order valence-corrected chi connectivity index (χ0v) is 19.6. The summed E-state index contributed by atoms with van der Waals surface area (Å²) in [5, 5.41) is 7.88. The highest BCUT2D eigenvalue weighted by molar-refractivity contribution is 7.96. The molecular weight excluding hydrogens is 473 g/mol. The first-order valence-electron chi connectivity index (χ1n) is 9.93. The van der Waals surface area contributed by atoms with E-state index in [1.165, 1.54) is 35.4 Å². The Kier molecular flexibility index (Phi) is 8.59. The number of halogens is 3. The highest BCUT2D eigenvalue weighted by Crippen LogP contribution is 2.35. The van der Waals surface area contributed by atoms with Gasteiger partial charge in [-0.2, -0.15) is 13.2 Å². The van der Waals surface area contributed by atoms with Gasteiger partial charge in [-0.05, 0) is 43.0 Å². The number of alkyl halides is 3. The van der Waals surface area contributed by atoms with E-state index in [4.69, 9.17) is 4.74 Å². The Morgan fingerprint density at radius 2 is 2.00 bits per heavy atom. The third-order valence-electron chi connectivity index (χ3n) is 4.45. The number of amides is 1. The van der Waals surface area contributed by atoms with Gasteiger partial charge in [0.25, 0.3) is 5.91 Å². The maximum Gasteiger partial charge on any atom is 0.418 e. The minimum absolute atomic E-state index is 0.0161. The first kappa shape index (κ1) is 24.9. The van der Waals surface area contributed by atoms with Crippen LogP contribution in [0.2, 0.25) is 0 Å². The number of thiazole rings is 1. The largest absolute Gasteiger partial charge is 0.491 e. The SMILES string of the molecule is CSNCCOc1cc(CNc2ccccc2C(F)(F)F)ccc1C(=O)Nc1nc(C)cs1. The van der Waals surface area contributed by atoms with Crippen LogP contribution in [0.1, 0.15) is 27.2 Å². The molecule has 0 aliphatic heterocycles. The molecule has 0 saturated carbocycles. The van der Waals surface area contributed by atoms with E-state index in [0.29, 0.717) is 35.2 Å². The van der Waals surface area contributed by atoms with E-state index in [1.54, 1.807) is 24.3 Å². The molecule has 0 unspecified atom stereocenters. The van der Waals surface area contributed by atoms with Gasteiger partial charge in [-0.25, -0.2) is 4.98 Å². The van der Waals surface area contributed by atoms with Crippen LogP contribution < -0.4 is 20.1 Å². The predicted molar refractivity (Wildman–Crippen MR) is 127 cm³/mol. The molecule has 1 heterocycles. The van der Waals surface area contributed by atoms with Gasteiger partial charge in [0, 0.05) is 24.2 Å². The molecule has 0 radical (unpaired) electrons. The summed E-state index contributed by atoms with van der Waals surface area (Å²) in [7, 11) is 0. The van der Waals surface area contributed by atoms with Crippen molar-refractivity contribution in [2.75, 3.05) is 30.0 Å². The molecule has 0 atom stereocenters. The molecule has 3 N–H and O–H groups in total. The Bertz CT molecular complexity index is 1090. The standard InChI is InChI=1S/C22H23F3N4O2S2/c1-14-13-33-21(28-14)29-20(30)16-8-7-15(11-19(16)31-10-9-27-32-2)12-26-18-6-4-3-5-17(18)22(23,24)25/h3-8,11,13,26-27H,9-10,12H2,1-2H3,(H,28,29,30). The number of para-hydroxylation sites is 1. The van der Waals surface area contributed by atoms with Crippen molar-refractivity contribution in [2.45, 2.75) is 19.6 Å². The molecule has 176 valence electrons. The van der Waals surface area contributed by atoms with Crippen LogP contribution in [0.3, 0.4) is 0 Å². The van der Waals surface area contributed by atoms with Gasteiger partial charge in [-0.1, -0.05) is 30.1 Å². The van der Waals surface area contributed by atoms with Crippen molar-refractivity contribution < 1.29 is 22.7 Å². The first-order valence-corrected chi connectivity index (χ1v) is 12.0. The summed E-state index contributed by atoms with van der Waals surface area (Å²) in [6.07, 6.45) is -2.57. The molecule has 6 nitrogen and oxygen atoms in total. The lowest BCUT2D eigenvalue weighted by molar-refractivity contribution is -0.137. The van der Waals surface area contributed by atoms with E-state index < -0.39 is 11.7 Å². The number of nitrogens with one attached hydrogen (secondary N) is 3. The summed E-state index contributed by atoms with van der Waals surface area (Å²) in [4.78, 5) is 17.0. The van der Waals surface area contributed by atoms with E-state index in [1.807, 2.05) is 18.6 Å². The van der Waals surface area contributed by atoms with Crippen molar-refractivity contribution in [3.8, 4) is 5.75 Å². The molecule has 33 heavy (non-hydrogen) atoms. The lowest BCUT2D eigenvalue weighted by atomic mass is 10.1. The summed E-state index contributed by atoms with van der Waals surface area (Å²) < 4.78 is 48.6. The van der Waals surface area contributed by atoms with E-state index in [0.717, 1.165) is 11.8 Å². The molecule has 3 rings (SSSR count). The number of nitrogens with zero attached hydrogens (tertiary/aromatic N) is 1. The van der Waals surface area contributed by atoms with Crippen molar-refractivity contribution in [1.29, 1.82) is 0 Å². The normalized spacial score (nSPS) is 11.3. The Labute approximate surface area is 198 Å². The van der Waals surface area contributed by atoms with Crippen molar-refractivity contribution in [3.63, 3.8) is 0 Å². The van der Waals surface area contributed by atoms with Crippen LogP contribution in [0.25, 0.3) is 0 Å². The molecular formula is C22H23F3N4O2S2. The minimum Gasteiger partial charge on any atom is -0.491 e. The number of ether oxygens (including phenoxy) is 1. The van der Waals surface area contributed by atoms with Gasteiger partial charge in [0.1, 0.15) is 12.4 Å². The lowest BCUT2D eigenvalue weighted by Crippen LogP contribution is -2.18. The van der Waals surface area contributed by atoms with Crippen LogP contribution >= 0.6 is 23.3 Å². The minimum atomic E-state index is -4.46. The molecule has 0 saturated heterocycles. The van der Waals surface area contributed by atoms with E-state index >= 15 is 0 Å². The molecule has 3 aromatic rings. The average molecular weight is 497 g/mol. The molecule has 0 bridgehead atoms. The van der Waals surface area contributed by atoms with E-state index in [-0.39, 0.29) is 18.1 Å². The fourth-order valence-electron chi connectivity index (χ4n) is 2.95. The fraction of sp³-hybridized carbons (Fsp3) is 0.273.